The number of amides is 1. The Morgan fingerprint density at radius 1 is 1.43 bits per heavy atom. The Kier molecular flexibility index (Phi) is 7.47. The number of nitrogens with zero attached hydrogens (tertiary/aromatic N) is 2. The van der Waals surface area contributed by atoms with Crippen LogP contribution in [0.25, 0.3) is 0 Å². The summed E-state index contributed by atoms with van der Waals surface area (Å²) in [6.07, 6.45) is 0.536. The number of anilines is 1. The summed E-state index contributed by atoms with van der Waals surface area (Å²) in [5.74, 6) is -0.875. The molecule has 0 bridgehead atoms. The monoisotopic (exact) mass is 345 g/mol. The first-order valence-corrected chi connectivity index (χ1v) is 7.18. The van der Waals surface area contributed by atoms with Crippen LogP contribution in [0.1, 0.15) is 37.7 Å². The maximum Gasteiger partial charge on any atom is 1.00 e. The smallest absolute Gasteiger partial charge is 0.543 e. The molecule has 0 radical (unpaired) electrons. The molecule has 7 nitrogen and oxygen atoms in total. The zero-order chi connectivity index (χ0) is 16.3. The van der Waals surface area contributed by atoms with Crippen molar-refractivity contribution in [2.75, 3.05) is 18.4 Å². The molecule has 1 fully saturated rings. The predicted molar refractivity (Wildman–Crippen MR) is 78.4 cm³/mol. The van der Waals surface area contributed by atoms with Crippen LogP contribution in [0.4, 0.5) is 10.6 Å². The molecule has 1 aromatic rings. The number of aromatic carboxylic acids is 1. The topological polar surface area (TPSA) is 94.6 Å². The number of nitrogens with one attached hydrogen (secondary N) is 1. The molecule has 1 aromatic heterocycles. The van der Waals surface area contributed by atoms with Crippen molar-refractivity contribution >= 4 is 17.9 Å². The van der Waals surface area contributed by atoms with E-state index in [0.717, 1.165) is 6.42 Å². The number of carbonyl (C=O) groups is 2. The maximum atomic E-state index is 12.0. The predicted octanol–water partition coefficient (Wildman–Crippen LogP) is -2.13. The minimum absolute atomic E-state index is 0. The molecule has 0 saturated carbocycles. The third-order valence-electron chi connectivity index (χ3n) is 3.25. The summed E-state index contributed by atoms with van der Waals surface area (Å²) in [4.78, 5) is 28.3. The van der Waals surface area contributed by atoms with Crippen molar-refractivity contribution in [2.45, 2.75) is 38.8 Å². The SMILES string of the molecule is CC(C)(C)OC(=O)N1CCC1CNc1cccc(C(=O)[O-])n1.[K+]. The normalized spacial score (nSPS) is 16.8. The number of likely N-dealkylation sites (tertiary alicyclic amines) is 1. The van der Waals surface area contributed by atoms with E-state index in [1.165, 1.54) is 6.07 Å². The molecular formula is C15H20KN3O4. The van der Waals surface area contributed by atoms with Gasteiger partial charge in [-0.3, -0.25) is 0 Å². The number of pyridine rings is 1. The van der Waals surface area contributed by atoms with E-state index in [4.69, 9.17) is 4.74 Å². The van der Waals surface area contributed by atoms with Crippen molar-refractivity contribution in [2.24, 2.45) is 0 Å². The Labute approximate surface area is 178 Å². The standard InChI is InChI=1S/C15H21N3O4.K/c1-15(2,3)22-14(21)18-8-7-10(18)9-16-12-6-4-5-11(17-12)13(19)20;/h4-6,10H,7-9H2,1-3H3,(H,16,17)(H,19,20);/q;+1/p-1. The Hall–Kier alpha value is -0.674. The average Bonchev–Trinajstić information content (AvgIpc) is 2.35. The number of ether oxygens (including phenoxy) is 1. The van der Waals surface area contributed by atoms with Crippen LogP contribution in [-0.4, -0.2) is 46.7 Å². The average molecular weight is 345 g/mol. The number of hydrogen-bond donors (Lipinski definition) is 1. The fourth-order valence-electron chi connectivity index (χ4n) is 2.08. The summed E-state index contributed by atoms with van der Waals surface area (Å²) < 4.78 is 5.33. The molecule has 120 valence electrons. The van der Waals surface area contributed by atoms with Crippen LogP contribution >= 0.6 is 0 Å². The van der Waals surface area contributed by atoms with Gasteiger partial charge in [0.15, 0.2) is 0 Å². The van der Waals surface area contributed by atoms with Crippen molar-refractivity contribution in [3.8, 4) is 0 Å². The molecule has 1 aliphatic rings. The number of carboxylic acid groups (broad SMARTS) is 1. The summed E-state index contributed by atoms with van der Waals surface area (Å²) in [7, 11) is 0. The summed E-state index contributed by atoms with van der Waals surface area (Å²) >= 11 is 0. The zero-order valence-electron chi connectivity index (χ0n) is 14.0. The van der Waals surface area contributed by atoms with Crippen molar-refractivity contribution < 1.29 is 70.8 Å². The fraction of sp³-hybridized carbons (Fsp3) is 0.533. The third-order valence-corrected chi connectivity index (χ3v) is 3.25. The van der Waals surface area contributed by atoms with Gasteiger partial charge in [-0.25, -0.2) is 9.78 Å². The number of aromatic nitrogens is 1. The van der Waals surface area contributed by atoms with Gasteiger partial charge in [0.2, 0.25) is 0 Å². The van der Waals surface area contributed by atoms with Gasteiger partial charge >= 0.3 is 57.5 Å². The summed E-state index contributed by atoms with van der Waals surface area (Å²) in [5.41, 5.74) is -0.641. The van der Waals surface area contributed by atoms with E-state index in [9.17, 15) is 14.7 Å². The Morgan fingerprint density at radius 3 is 2.65 bits per heavy atom. The molecule has 2 heterocycles. The van der Waals surface area contributed by atoms with Gasteiger partial charge in [-0.05, 0) is 39.3 Å². The van der Waals surface area contributed by atoms with E-state index >= 15 is 0 Å². The van der Waals surface area contributed by atoms with Gasteiger partial charge < -0.3 is 24.9 Å². The van der Waals surface area contributed by atoms with E-state index in [0.29, 0.717) is 18.9 Å². The third kappa shape index (κ3) is 6.04. The van der Waals surface area contributed by atoms with Crippen LogP contribution in [0.3, 0.4) is 0 Å². The van der Waals surface area contributed by atoms with E-state index in [1.807, 2.05) is 20.8 Å². The quantitative estimate of drug-likeness (QED) is 0.627. The first-order chi connectivity index (χ1) is 10.3. The molecule has 1 unspecified atom stereocenters. The van der Waals surface area contributed by atoms with Gasteiger partial charge in [-0.1, -0.05) is 6.07 Å². The molecule has 1 amide bonds. The molecule has 23 heavy (non-hydrogen) atoms. The number of hydrogen-bond acceptors (Lipinski definition) is 6. The molecule has 1 N–H and O–H groups in total. The molecule has 0 aromatic carbocycles. The first kappa shape index (κ1) is 20.4. The van der Waals surface area contributed by atoms with Crippen molar-refractivity contribution in [3.05, 3.63) is 23.9 Å². The number of carbonyl (C=O) groups excluding carboxylic acids is 2. The van der Waals surface area contributed by atoms with Crippen molar-refractivity contribution in [1.82, 2.24) is 9.88 Å². The minimum atomic E-state index is -1.32. The summed E-state index contributed by atoms with van der Waals surface area (Å²) in [5, 5.41) is 13.8. The molecular weight excluding hydrogens is 325 g/mol. The molecule has 0 aliphatic carbocycles. The van der Waals surface area contributed by atoms with Gasteiger partial charge in [0.25, 0.3) is 0 Å². The van der Waals surface area contributed by atoms with Gasteiger partial charge in [0.1, 0.15) is 11.4 Å². The molecule has 1 aliphatic heterocycles. The van der Waals surface area contributed by atoms with Crippen molar-refractivity contribution in [3.63, 3.8) is 0 Å². The van der Waals surface area contributed by atoms with E-state index in [2.05, 4.69) is 10.3 Å². The summed E-state index contributed by atoms with van der Waals surface area (Å²) in [6, 6.07) is 4.65. The molecule has 1 saturated heterocycles. The molecule has 0 spiro atoms. The number of rotatable bonds is 4. The van der Waals surface area contributed by atoms with E-state index in [1.54, 1.807) is 17.0 Å². The number of carboxylic acids is 1. The fourth-order valence-corrected chi connectivity index (χ4v) is 2.08. The van der Waals surface area contributed by atoms with Gasteiger partial charge in [-0.15, -0.1) is 0 Å². The summed E-state index contributed by atoms with van der Waals surface area (Å²) in [6.45, 7) is 6.63. The van der Waals surface area contributed by atoms with Crippen LogP contribution < -0.4 is 61.8 Å². The van der Waals surface area contributed by atoms with Crippen molar-refractivity contribution in [1.29, 1.82) is 0 Å². The molecule has 8 heteroatoms. The van der Waals surface area contributed by atoms with Crippen LogP contribution in [0.2, 0.25) is 0 Å². The second-order valence-corrected chi connectivity index (χ2v) is 6.19. The van der Waals surface area contributed by atoms with Crippen LogP contribution in [0.5, 0.6) is 0 Å². The van der Waals surface area contributed by atoms with E-state index < -0.39 is 11.6 Å². The van der Waals surface area contributed by atoms with E-state index in [-0.39, 0.29) is 69.2 Å². The minimum Gasteiger partial charge on any atom is -0.543 e. The van der Waals surface area contributed by atoms with Crippen LogP contribution in [-0.2, 0) is 4.74 Å². The maximum absolute atomic E-state index is 12.0. The van der Waals surface area contributed by atoms with Crippen LogP contribution in [0, 0.1) is 0 Å². The first-order valence-electron chi connectivity index (χ1n) is 7.18. The molecule has 2 rings (SSSR count). The molecule has 1 atom stereocenters. The largest absolute Gasteiger partial charge is 1.00 e. The van der Waals surface area contributed by atoms with Crippen LogP contribution in [0.15, 0.2) is 18.2 Å². The zero-order valence-corrected chi connectivity index (χ0v) is 17.1. The Balaban J connectivity index is 0.00000264. The Morgan fingerprint density at radius 2 is 2.13 bits per heavy atom. The van der Waals surface area contributed by atoms with Gasteiger partial charge in [0, 0.05) is 13.1 Å². The van der Waals surface area contributed by atoms with Gasteiger partial charge in [-0.2, -0.15) is 0 Å². The van der Waals surface area contributed by atoms with Gasteiger partial charge in [0.05, 0.1) is 17.7 Å². The Bertz CT molecular complexity index is 574. The second-order valence-electron chi connectivity index (χ2n) is 6.19. The second kappa shape index (κ2) is 8.43.